The number of fused-ring (bicyclic) bond motifs is 1. The number of benzene rings is 2. The normalized spacial score (nSPS) is 11.3. The first-order valence-corrected chi connectivity index (χ1v) is 9.13. The second-order valence-electron chi connectivity index (χ2n) is 5.44. The number of aromatic nitrogens is 1. The molecule has 0 spiro atoms. The summed E-state index contributed by atoms with van der Waals surface area (Å²) < 4.78 is 32.7. The van der Waals surface area contributed by atoms with E-state index >= 15 is 0 Å². The molecule has 1 aromatic heterocycles. The van der Waals surface area contributed by atoms with Gasteiger partial charge in [-0.25, -0.2) is 13.1 Å². The van der Waals surface area contributed by atoms with Crippen LogP contribution < -0.4 is 9.46 Å². The van der Waals surface area contributed by atoms with Gasteiger partial charge in [0.1, 0.15) is 5.75 Å². The lowest BCUT2D eigenvalue weighted by Crippen LogP contribution is -2.30. The topological polar surface area (TPSA) is 106 Å². The van der Waals surface area contributed by atoms with Crippen LogP contribution in [0.25, 0.3) is 10.8 Å². The van der Waals surface area contributed by atoms with Crippen LogP contribution in [0.5, 0.6) is 5.75 Å². The van der Waals surface area contributed by atoms with Crippen molar-refractivity contribution in [2.45, 2.75) is 11.5 Å². The maximum absolute atomic E-state index is 12.7. The second kappa shape index (κ2) is 7.11. The van der Waals surface area contributed by atoms with E-state index < -0.39 is 15.9 Å². The first-order chi connectivity index (χ1) is 12.5. The van der Waals surface area contributed by atoms with Gasteiger partial charge < -0.3 is 9.84 Å². The zero-order chi connectivity index (χ0) is 18.7. The maximum atomic E-state index is 12.7. The Hall–Kier alpha value is -2.97. The van der Waals surface area contributed by atoms with Gasteiger partial charge in [-0.1, -0.05) is 24.3 Å². The van der Waals surface area contributed by atoms with Gasteiger partial charge in [-0.3, -0.25) is 9.78 Å². The molecule has 26 heavy (non-hydrogen) atoms. The Kier molecular flexibility index (Phi) is 4.88. The van der Waals surface area contributed by atoms with Crippen LogP contribution in [-0.2, 0) is 16.6 Å². The smallest absolute Gasteiger partial charge is 0.266 e. The highest BCUT2D eigenvalue weighted by Crippen LogP contribution is 2.30. The fourth-order valence-electron chi connectivity index (χ4n) is 2.54. The number of methoxy groups -OCH3 is 1. The predicted molar refractivity (Wildman–Crippen MR) is 95.3 cm³/mol. The monoisotopic (exact) mass is 372 g/mol. The molecule has 3 rings (SSSR count). The molecule has 3 aromatic rings. The quantitative estimate of drug-likeness (QED) is 0.708. The largest absolute Gasteiger partial charge is 0.496 e. The van der Waals surface area contributed by atoms with Crippen LogP contribution in [0.1, 0.15) is 16.1 Å². The first-order valence-electron chi connectivity index (χ1n) is 7.65. The van der Waals surface area contributed by atoms with E-state index in [9.17, 15) is 13.2 Å². The Morgan fingerprint density at radius 2 is 1.85 bits per heavy atom. The Balaban J connectivity index is 1.98. The first kappa shape index (κ1) is 17.8. The number of hydrogen-bond acceptors (Lipinski definition) is 6. The lowest BCUT2D eigenvalue weighted by atomic mass is 10.1. The van der Waals surface area contributed by atoms with Gasteiger partial charge >= 0.3 is 0 Å². The van der Waals surface area contributed by atoms with Crippen molar-refractivity contribution in [3.63, 3.8) is 0 Å². The van der Waals surface area contributed by atoms with Crippen LogP contribution in [0.2, 0.25) is 0 Å². The lowest BCUT2D eigenvalue weighted by molar-refractivity contribution is 0.0981. The van der Waals surface area contributed by atoms with Gasteiger partial charge in [0.25, 0.3) is 15.9 Å². The highest BCUT2D eigenvalue weighted by Gasteiger charge is 2.22. The minimum atomic E-state index is -4.11. The molecule has 1 heterocycles. The number of ether oxygens (including phenoxy) is 1. The average molecular weight is 372 g/mol. The zero-order valence-electron chi connectivity index (χ0n) is 13.8. The summed E-state index contributed by atoms with van der Waals surface area (Å²) in [5, 5.41) is 10.0. The number of amides is 1. The van der Waals surface area contributed by atoms with Crippen molar-refractivity contribution in [1.82, 2.24) is 9.71 Å². The Morgan fingerprint density at radius 3 is 2.46 bits per heavy atom. The molecule has 0 bridgehead atoms. The second-order valence-corrected chi connectivity index (χ2v) is 7.09. The Labute approximate surface area is 150 Å². The number of sulfonamides is 1. The number of aliphatic hydroxyl groups is 1. The molecule has 8 heteroatoms. The van der Waals surface area contributed by atoms with E-state index in [-0.39, 0.29) is 17.1 Å². The van der Waals surface area contributed by atoms with Gasteiger partial charge in [-0.05, 0) is 24.3 Å². The van der Waals surface area contributed by atoms with E-state index in [1.165, 1.54) is 31.5 Å². The Bertz CT molecular complexity index is 1060. The van der Waals surface area contributed by atoms with Gasteiger partial charge in [-0.15, -0.1) is 0 Å². The third-order valence-corrected chi connectivity index (χ3v) is 5.22. The highest BCUT2D eigenvalue weighted by molar-refractivity contribution is 7.90. The molecule has 0 aliphatic rings. The standard InChI is InChI=1S/C18H16N2O5S/c1-25-16-8-9-17(15-5-3-2-4-14(15)16)26(23,24)20-18(22)12-6-7-13(11-21)19-10-12/h2-10,21H,11H2,1H3,(H,20,22). The van der Waals surface area contributed by atoms with E-state index in [1.54, 1.807) is 30.3 Å². The Morgan fingerprint density at radius 1 is 1.12 bits per heavy atom. The molecule has 0 aliphatic heterocycles. The summed E-state index contributed by atoms with van der Waals surface area (Å²) in [7, 11) is -2.61. The van der Waals surface area contributed by atoms with Crippen molar-refractivity contribution in [3.05, 3.63) is 66.0 Å². The summed E-state index contributed by atoms with van der Waals surface area (Å²) >= 11 is 0. The van der Waals surface area contributed by atoms with Crippen LogP contribution in [0, 0.1) is 0 Å². The fourth-order valence-corrected chi connectivity index (χ4v) is 3.73. The number of carbonyl (C=O) groups is 1. The summed E-state index contributed by atoms with van der Waals surface area (Å²) in [5.74, 6) is -0.267. The summed E-state index contributed by atoms with van der Waals surface area (Å²) in [6, 6.07) is 12.7. The van der Waals surface area contributed by atoms with E-state index in [0.29, 0.717) is 22.2 Å². The molecule has 0 saturated heterocycles. The maximum Gasteiger partial charge on any atom is 0.266 e. The van der Waals surface area contributed by atoms with Crippen molar-refractivity contribution in [2.24, 2.45) is 0 Å². The van der Waals surface area contributed by atoms with E-state index in [1.807, 2.05) is 4.72 Å². The van der Waals surface area contributed by atoms with Crippen LogP contribution in [0.3, 0.4) is 0 Å². The van der Waals surface area contributed by atoms with Crippen molar-refractivity contribution in [1.29, 1.82) is 0 Å². The van der Waals surface area contributed by atoms with Crippen molar-refractivity contribution >= 4 is 26.7 Å². The third-order valence-electron chi connectivity index (χ3n) is 3.83. The molecule has 0 saturated carbocycles. The van der Waals surface area contributed by atoms with Crippen molar-refractivity contribution in [2.75, 3.05) is 7.11 Å². The number of hydrogen-bond donors (Lipinski definition) is 2. The summed E-state index contributed by atoms with van der Waals surface area (Å²) in [4.78, 5) is 16.1. The van der Waals surface area contributed by atoms with Crippen molar-refractivity contribution in [3.8, 4) is 5.75 Å². The molecule has 2 aromatic carbocycles. The third kappa shape index (κ3) is 3.37. The fraction of sp³-hybridized carbons (Fsp3) is 0.111. The summed E-state index contributed by atoms with van der Waals surface area (Å²) in [6.45, 7) is -0.266. The van der Waals surface area contributed by atoms with Crippen molar-refractivity contribution < 1.29 is 23.1 Å². The zero-order valence-corrected chi connectivity index (χ0v) is 14.7. The van der Waals surface area contributed by atoms with Crippen LogP contribution >= 0.6 is 0 Å². The lowest BCUT2D eigenvalue weighted by Gasteiger charge is -2.12. The molecular weight excluding hydrogens is 356 g/mol. The van der Waals surface area contributed by atoms with Gasteiger partial charge in [0.05, 0.1) is 29.9 Å². The molecule has 0 radical (unpaired) electrons. The number of nitrogens with one attached hydrogen (secondary N) is 1. The number of carbonyl (C=O) groups excluding carboxylic acids is 1. The van der Waals surface area contributed by atoms with Gasteiger partial charge in [-0.2, -0.15) is 0 Å². The molecule has 0 atom stereocenters. The minimum absolute atomic E-state index is 0.0258. The SMILES string of the molecule is COc1ccc(S(=O)(=O)NC(=O)c2ccc(CO)nc2)c2ccccc12. The molecule has 1 amide bonds. The average Bonchev–Trinajstić information content (AvgIpc) is 2.66. The minimum Gasteiger partial charge on any atom is -0.496 e. The predicted octanol–water partition coefficient (Wildman–Crippen LogP) is 1.85. The van der Waals surface area contributed by atoms with E-state index in [0.717, 1.165) is 0 Å². The van der Waals surface area contributed by atoms with Crippen LogP contribution in [0.15, 0.2) is 59.6 Å². The highest BCUT2D eigenvalue weighted by atomic mass is 32.2. The molecule has 0 unspecified atom stereocenters. The van der Waals surface area contributed by atoms with E-state index in [4.69, 9.17) is 9.84 Å². The van der Waals surface area contributed by atoms with Gasteiger partial charge in [0.2, 0.25) is 0 Å². The molecule has 2 N–H and O–H groups in total. The number of rotatable bonds is 5. The van der Waals surface area contributed by atoms with Gasteiger partial charge in [0.15, 0.2) is 0 Å². The molecular formula is C18H16N2O5S. The molecule has 0 aliphatic carbocycles. The molecule has 0 fully saturated rings. The van der Waals surface area contributed by atoms with Gasteiger partial charge in [0, 0.05) is 17.0 Å². The van der Waals surface area contributed by atoms with Crippen LogP contribution in [-0.4, -0.2) is 31.5 Å². The number of nitrogens with zero attached hydrogens (tertiary/aromatic N) is 1. The van der Waals surface area contributed by atoms with E-state index in [2.05, 4.69) is 4.98 Å². The molecule has 7 nitrogen and oxygen atoms in total. The number of aliphatic hydroxyl groups excluding tert-OH is 1. The van der Waals surface area contributed by atoms with Crippen LogP contribution in [0.4, 0.5) is 0 Å². The summed E-state index contributed by atoms with van der Waals surface area (Å²) in [6.07, 6.45) is 1.21. The summed E-state index contributed by atoms with van der Waals surface area (Å²) in [5.41, 5.74) is 0.453. The number of pyridine rings is 1. The molecule has 134 valence electrons.